The molecule has 0 radical (unpaired) electrons. The Labute approximate surface area is 189 Å². The minimum absolute atomic E-state index is 0.0338. The van der Waals surface area contributed by atoms with Crippen molar-refractivity contribution in [1.29, 1.82) is 0 Å². The van der Waals surface area contributed by atoms with Crippen LogP contribution in [0.25, 0.3) is 22.3 Å². The number of carbonyl (C=O) groups is 1. The highest BCUT2D eigenvalue weighted by molar-refractivity contribution is 9.10. The standard InChI is InChI=1S/C23H25BrN4O3/c1-23(2,3)31-22(30)28-11-10-15(13-28)25-20-16-9-8-14(24)12-18(16)26-21(27-20)17-6-4-5-7-19(17)29/h4-9,12,15,29H,10-11,13H2,1-3H3,(H,25,26,27). The highest BCUT2D eigenvalue weighted by Gasteiger charge is 2.30. The maximum Gasteiger partial charge on any atom is 0.410 e. The van der Waals surface area contributed by atoms with Crippen LogP contribution in [0.5, 0.6) is 5.75 Å². The number of benzene rings is 2. The van der Waals surface area contributed by atoms with Crippen LogP contribution in [0.2, 0.25) is 0 Å². The number of phenols is 1. The van der Waals surface area contributed by atoms with Crippen molar-refractivity contribution in [1.82, 2.24) is 14.9 Å². The van der Waals surface area contributed by atoms with E-state index < -0.39 is 5.60 Å². The van der Waals surface area contributed by atoms with Gasteiger partial charge in [-0.15, -0.1) is 0 Å². The number of likely N-dealkylation sites (tertiary alicyclic amines) is 1. The Balaban J connectivity index is 1.63. The summed E-state index contributed by atoms with van der Waals surface area (Å²) in [6, 6.07) is 12.9. The number of fused-ring (bicyclic) bond motifs is 1. The van der Waals surface area contributed by atoms with Crippen LogP contribution in [-0.4, -0.2) is 50.8 Å². The zero-order valence-corrected chi connectivity index (χ0v) is 19.3. The number of anilines is 1. The molecule has 0 aliphatic carbocycles. The zero-order valence-electron chi connectivity index (χ0n) is 17.7. The van der Waals surface area contributed by atoms with Gasteiger partial charge in [-0.05, 0) is 57.5 Å². The van der Waals surface area contributed by atoms with Crippen LogP contribution >= 0.6 is 15.9 Å². The summed E-state index contributed by atoms with van der Waals surface area (Å²) in [5.41, 5.74) is 0.798. The molecule has 31 heavy (non-hydrogen) atoms. The van der Waals surface area contributed by atoms with Crippen molar-refractivity contribution in [3.63, 3.8) is 0 Å². The molecule has 0 saturated carbocycles. The number of amides is 1. The number of phenolic OH excluding ortho intramolecular Hbond substituents is 1. The van der Waals surface area contributed by atoms with Crippen molar-refractivity contribution >= 4 is 38.7 Å². The molecule has 4 rings (SSSR count). The van der Waals surface area contributed by atoms with E-state index >= 15 is 0 Å². The summed E-state index contributed by atoms with van der Waals surface area (Å²) in [6.45, 7) is 6.74. The second kappa shape index (κ2) is 8.34. The molecule has 2 aromatic carbocycles. The first kappa shape index (κ1) is 21.4. The minimum Gasteiger partial charge on any atom is -0.507 e. The van der Waals surface area contributed by atoms with Gasteiger partial charge in [0.15, 0.2) is 5.82 Å². The molecule has 1 atom stereocenters. The van der Waals surface area contributed by atoms with Crippen LogP contribution in [0, 0.1) is 0 Å². The van der Waals surface area contributed by atoms with E-state index in [-0.39, 0.29) is 17.9 Å². The molecule has 3 aromatic rings. The summed E-state index contributed by atoms with van der Waals surface area (Å²) in [5, 5.41) is 14.6. The van der Waals surface area contributed by atoms with E-state index in [1.165, 1.54) is 0 Å². The second-order valence-electron chi connectivity index (χ2n) is 8.63. The third-order valence-electron chi connectivity index (χ3n) is 4.98. The molecule has 1 amide bonds. The van der Waals surface area contributed by atoms with Gasteiger partial charge >= 0.3 is 6.09 Å². The molecule has 1 unspecified atom stereocenters. The Morgan fingerprint density at radius 3 is 2.74 bits per heavy atom. The van der Waals surface area contributed by atoms with Gasteiger partial charge in [0.25, 0.3) is 0 Å². The van der Waals surface area contributed by atoms with Crippen molar-refractivity contribution < 1.29 is 14.6 Å². The molecule has 1 aliphatic heterocycles. The Kier molecular flexibility index (Phi) is 5.75. The molecule has 0 bridgehead atoms. The third-order valence-corrected chi connectivity index (χ3v) is 5.48. The van der Waals surface area contributed by atoms with E-state index in [2.05, 4.69) is 26.2 Å². The Bertz CT molecular complexity index is 1130. The first-order valence-electron chi connectivity index (χ1n) is 10.2. The molecule has 8 heteroatoms. The number of rotatable bonds is 3. The molecular weight excluding hydrogens is 460 g/mol. The van der Waals surface area contributed by atoms with E-state index in [1.807, 2.05) is 45.0 Å². The van der Waals surface area contributed by atoms with E-state index in [0.29, 0.717) is 30.3 Å². The number of hydrogen-bond acceptors (Lipinski definition) is 6. The average molecular weight is 485 g/mol. The van der Waals surface area contributed by atoms with Crippen LogP contribution in [0.15, 0.2) is 46.9 Å². The number of para-hydroxylation sites is 1. The summed E-state index contributed by atoms with van der Waals surface area (Å²) in [5.74, 6) is 1.24. The van der Waals surface area contributed by atoms with Crippen molar-refractivity contribution in [2.45, 2.75) is 38.8 Å². The number of nitrogens with zero attached hydrogens (tertiary/aromatic N) is 3. The van der Waals surface area contributed by atoms with E-state index in [4.69, 9.17) is 9.72 Å². The summed E-state index contributed by atoms with van der Waals surface area (Å²) >= 11 is 3.50. The van der Waals surface area contributed by atoms with Gasteiger partial charge in [-0.25, -0.2) is 14.8 Å². The summed E-state index contributed by atoms with van der Waals surface area (Å²) < 4.78 is 6.40. The normalized spacial score (nSPS) is 16.5. The fraction of sp³-hybridized carbons (Fsp3) is 0.348. The van der Waals surface area contributed by atoms with Crippen molar-refractivity contribution in [3.8, 4) is 17.1 Å². The molecule has 1 fully saturated rings. The highest BCUT2D eigenvalue weighted by atomic mass is 79.9. The lowest BCUT2D eigenvalue weighted by Gasteiger charge is -2.24. The van der Waals surface area contributed by atoms with Gasteiger partial charge in [0.05, 0.1) is 11.1 Å². The lowest BCUT2D eigenvalue weighted by molar-refractivity contribution is 0.0293. The summed E-state index contributed by atoms with van der Waals surface area (Å²) in [7, 11) is 0. The zero-order chi connectivity index (χ0) is 22.2. The number of aromatic hydroxyl groups is 1. The SMILES string of the molecule is CC(C)(C)OC(=O)N1CCC(Nc2nc(-c3ccccc3O)nc3cc(Br)ccc23)C1. The lowest BCUT2D eigenvalue weighted by Crippen LogP contribution is -2.36. The van der Waals surface area contributed by atoms with Crippen LogP contribution < -0.4 is 5.32 Å². The van der Waals surface area contributed by atoms with Crippen LogP contribution in [0.3, 0.4) is 0 Å². The van der Waals surface area contributed by atoms with Gasteiger partial charge in [-0.1, -0.05) is 28.1 Å². The van der Waals surface area contributed by atoms with Crippen LogP contribution in [-0.2, 0) is 4.74 Å². The predicted octanol–water partition coefficient (Wildman–Crippen LogP) is 5.19. The number of ether oxygens (including phenoxy) is 1. The first-order valence-corrected chi connectivity index (χ1v) is 11.0. The first-order chi connectivity index (χ1) is 14.7. The summed E-state index contributed by atoms with van der Waals surface area (Å²) in [6.07, 6.45) is 0.482. The molecule has 0 spiro atoms. The van der Waals surface area contributed by atoms with Gasteiger partial charge in [0.1, 0.15) is 17.2 Å². The highest BCUT2D eigenvalue weighted by Crippen LogP contribution is 2.32. The lowest BCUT2D eigenvalue weighted by atomic mass is 10.1. The Hall–Kier alpha value is -2.87. The van der Waals surface area contributed by atoms with Gasteiger partial charge < -0.3 is 20.1 Å². The van der Waals surface area contributed by atoms with Crippen molar-refractivity contribution in [2.75, 3.05) is 18.4 Å². The number of halogens is 1. The quantitative estimate of drug-likeness (QED) is 0.531. The van der Waals surface area contributed by atoms with Crippen LogP contribution in [0.4, 0.5) is 10.6 Å². The summed E-state index contributed by atoms with van der Waals surface area (Å²) in [4.78, 5) is 23.5. The second-order valence-corrected chi connectivity index (χ2v) is 9.55. The largest absolute Gasteiger partial charge is 0.507 e. The number of aromatic nitrogens is 2. The molecule has 2 N–H and O–H groups in total. The molecule has 2 heterocycles. The topological polar surface area (TPSA) is 87.6 Å². The van der Waals surface area contributed by atoms with Crippen LogP contribution in [0.1, 0.15) is 27.2 Å². The fourth-order valence-electron chi connectivity index (χ4n) is 3.56. The van der Waals surface area contributed by atoms with E-state index in [0.717, 1.165) is 21.8 Å². The van der Waals surface area contributed by atoms with Crippen molar-refractivity contribution in [2.24, 2.45) is 0 Å². The van der Waals surface area contributed by atoms with E-state index in [9.17, 15) is 9.90 Å². The molecule has 1 saturated heterocycles. The Morgan fingerprint density at radius 2 is 2.00 bits per heavy atom. The maximum atomic E-state index is 12.4. The molecular formula is C23H25BrN4O3. The molecule has 7 nitrogen and oxygen atoms in total. The number of nitrogens with one attached hydrogen (secondary N) is 1. The van der Waals surface area contributed by atoms with Gasteiger partial charge in [0.2, 0.25) is 0 Å². The monoisotopic (exact) mass is 484 g/mol. The average Bonchev–Trinajstić information content (AvgIpc) is 3.15. The van der Waals surface area contributed by atoms with Gasteiger partial charge in [-0.2, -0.15) is 0 Å². The predicted molar refractivity (Wildman–Crippen MR) is 124 cm³/mol. The minimum atomic E-state index is -0.522. The fourth-order valence-corrected chi connectivity index (χ4v) is 3.91. The van der Waals surface area contributed by atoms with Crippen molar-refractivity contribution in [3.05, 3.63) is 46.9 Å². The molecule has 162 valence electrons. The van der Waals surface area contributed by atoms with Gasteiger partial charge in [-0.3, -0.25) is 0 Å². The van der Waals surface area contributed by atoms with Gasteiger partial charge in [0, 0.05) is 29.0 Å². The third kappa shape index (κ3) is 4.90. The molecule has 1 aromatic heterocycles. The number of carbonyl (C=O) groups excluding carboxylic acids is 1. The Morgan fingerprint density at radius 1 is 1.23 bits per heavy atom. The maximum absolute atomic E-state index is 12.4. The van der Waals surface area contributed by atoms with E-state index in [1.54, 1.807) is 23.1 Å². The smallest absolute Gasteiger partial charge is 0.410 e. The molecule has 1 aliphatic rings. The number of hydrogen-bond donors (Lipinski definition) is 2.